The molecule has 72 valence electrons. The minimum atomic E-state index is -0.948. The van der Waals surface area contributed by atoms with Crippen molar-refractivity contribution in [2.75, 3.05) is 0 Å². The molecule has 4 heteroatoms. The van der Waals surface area contributed by atoms with Gasteiger partial charge in [0.15, 0.2) is 6.29 Å². The first-order chi connectivity index (χ1) is 5.52. The van der Waals surface area contributed by atoms with Gasteiger partial charge in [-0.05, 0) is 5.92 Å². The highest BCUT2D eigenvalue weighted by molar-refractivity contribution is 4.83. The van der Waals surface area contributed by atoms with E-state index in [9.17, 15) is 10.2 Å². The molecule has 0 saturated carbocycles. The fourth-order valence-corrected chi connectivity index (χ4v) is 1.43. The maximum atomic E-state index is 9.44. The van der Waals surface area contributed by atoms with Crippen LogP contribution in [-0.2, 0) is 4.74 Å². The zero-order valence-electron chi connectivity index (χ0n) is 7.34. The SMILES string of the molecule is CC(C)[C@H]1O[C@H](O)C[C@@H](O)[C@@H]1O. The average molecular weight is 176 g/mol. The monoisotopic (exact) mass is 176 g/mol. The Bertz CT molecular complexity index is 148. The van der Waals surface area contributed by atoms with E-state index in [1.807, 2.05) is 13.8 Å². The summed E-state index contributed by atoms with van der Waals surface area (Å²) in [6, 6.07) is 0. The molecule has 4 nitrogen and oxygen atoms in total. The molecule has 3 N–H and O–H groups in total. The minimum absolute atomic E-state index is 0.0876. The van der Waals surface area contributed by atoms with E-state index in [1.165, 1.54) is 0 Å². The number of rotatable bonds is 1. The van der Waals surface area contributed by atoms with Crippen LogP contribution in [0.3, 0.4) is 0 Å². The van der Waals surface area contributed by atoms with Gasteiger partial charge in [-0.25, -0.2) is 0 Å². The van der Waals surface area contributed by atoms with Crippen molar-refractivity contribution in [1.29, 1.82) is 0 Å². The van der Waals surface area contributed by atoms with Gasteiger partial charge in [0.2, 0.25) is 0 Å². The van der Waals surface area contributed by atoms with Crippen molar-refractivity contribution in [3.8, 4) is 0 Å². The Hall–Kier alpha value is -0.160. The molecule has 1 rings (SSSR count). The average Bonchev–Trinajstić information content (AvgIpc) is 1.96. The lowest BCUT2D eigenvalue weighted by molar-refractivity contribution is -0.242. The van der Waals surface area contributed by atoms with Crippen molar-refractivity contribution in [3.63, 3.8) is 0 Å². The van der Waals surface area contributed by atoms with Gasteiger partial charge in [0.1, 0.15) is 6.10 Å². The van der Waals surface area contributed by atoms with Gasteiger partial charge in [-0.3, -0.25) is 0 Å². The minimum Gasteiger partial charge on any atom is -0.390 e. The lowest BCUT2D eigenvalue weighted by atomic mass is 9.93. The van der Waals surface area contributed by atoms with Crippen LogP contribution in [0.1, 0.15) is 20.3 Å². The lowest BCUT2D eigenvalue weighted by Gasteiger charge is -2.36. The van der Waals surface area contributed by atoms with Crippen molar-refractivity contribution >= 4 is 0 Å². The molecule has 0 spiro atoms. The molecular weight excluding hydrogens is 160 g/mol. The highest BCUT2D eigenvalue weighted by Gasteiger charge is 2.37. The zero-order chi connectivity index (χ0) is 9.30. The second kappa shape index (κ2) is 3.70. The molecule has 1 saturated heterocycles. The van der Waals surface area contributed by atoms with Gasteiger partial charge in [0.25, 0.3) is 0 Å². The Balaban J connectivity index is 2.60. The van der Waals surface area contributed by atoms with Crippen LogP contribution in [0, 0.1) is 5.92 Å². The predicted molar refractivity (Wildman–Crippen MR) is 42.3 cm³/mol. The maximum Gasteiger partial charge on any atom is 0.157 e. The molecular formula is C8H16O4. The molecule has 0 unspecified atom stereocenters. The zero-order valence-corrected chi connectivity index (χ0v) is 7.34. The van der Waals surface area contributed by atoms with Crippen LogP contribution in [-0.4, -0.2) is 39.9 Å². The number of aliphatic hydroxyl groups is 3. The number of hydrogen-bond donors (Lipinski definition) is 3. The second-order valence-corrected chi connectivity index (χ2v) is 3.59. The summed E-state index contributed by atoms with van der Waals surface area (Å²) < 4.78 is 5.08. The quantitative estimate of drug-likeness (QED) is 0.502. The van der Waals surface area contributed by atoms with E-state index in [0.29, 0.717) is 0 Å². The fraction of sp³-hybridized carbons (Fsp3) is 1.00. The topological polar surface area (TPSA) is 69.9 Å². The molecule has 4 atom stereocenters. The van der Waals surface area contributed by atoms with Crippen LogP contribution in [0.2, 0.25) is 0 Å². The van der Waals surface area contributed by atoms with Gasteiger partial charge in [-0.2, -0.15) is 0 Å². The van der Waals surface area contributed by atoms with Crippen LogP contribution < -0.4 is 0 Å². The maximum absolute atomic E-state index is 9.44. The van der Waals surface area contributed by atoms with Crippen LogP contribution >= 0.6 is 0 Å². The van der Waals surface area contributed by atoms with E-state index in [-0.39, 0.29) is 12.3 Å². The molecule has 1 fully saturated rings. The lowest BCUT2D eigenvalue weighted by Crippen LogP contribution is -2.50. The highest BCUT2D eigenvalue weighted by Crippen LogP contribution is 2.23. The standard InChI is InChI=1S/C8H16O4/c1-4(2)8-7(11)5(9)3-6(10)12-8/h4-11H,3H2,1-2H3/t5-,6+,7+,8-/m1/s1. The van der Waals surface area contributed by atoms with E-state index < -0.39 is 24.6 Å². The van der Waals surface area contributed by atoms with Crippen LogP contribution in [0.4, 0.5) is 0 Å². The van der Waals surface area contributed by atoms with Crippen LogP contribution in [0.25, 0.3) is 0 Å². The van der Waals surface area contributed by atoms with E-state index in [2.05, 4.69) is 0 Å². The van der Waals surface area contributed by atoms with E-state index in [1.54, 1.807) is 0 Å². The second-order valence-electron chi connectivity index (χ2n) is 3.59. The predicted octanol–water partition coefficient (Wildman–Crippen LogP) is -0.528. The molecule has 0 amide bonds. The summed E-state index contributed by atoms with van der Waals surface area (Å²) in [6.45, 7) is 3.75. The third-order valence-corrected chi connectivity index (χ3v) is 2.15. The molecule has 1 aliphatic heterocycles. The highest BCUT2D eigenvalue weighted by atomic mass is 16.6. The first-order valence-corrected chi connectivity index (χ1v) is 4.22. The van der Waals surface area contributed by atoms with Gasteiger partial charge in [-0.1, -0.05) is 13.8 Å². The molecule has 0 bridgehead atoms. The number of ether oxygens (including phenoxy) is 1. The number of hydrogen-bond acceptors (Lipinski definition) is 4. The molecule has 0 aromatic heterocycles. The molecule has 0 aromatic carbocycles. The summed E-state index contributed by atoms with van der Waals surface area (Å²) in [5.74, 6) is 0.0876. The van der Waals surface area contributed by atoms with Crippen LogP contribution in [0.15, 0.2) is 0 Å². The summed E-state index contributed by atoms with van der Waals surface area (Å²) in [5.41, 5.74) is 0. The Morgan fingerprint density at radius 1 is 1.25 bits per heavy atom. The van der Waals surface area contributed by atoms with Crippen molar-refractivity contribution in [2.24, 2.45) is 5.92 Å². The normalized spacial score (nSPS) is 43.5. The molecule has 0 aliphatic carbocycles. The van der Waals surface area contributed by atoms with Gasteiger partial charge < -0.3 is 20.1 Å². The van der Waals surface area contributed by atoms with Gasteiger partial charge in [0.05, 0.1) is 12.2 Å². The first-order valence-electron chi connectivity index (χ1n) is 4.22. The Labute approximate surface area is 71.8 Å². The molecule has 0 aromatic rings. The largest absolute Gasteiger partial charge is 0.390 e. The van der Waals surface area contributed by atoms with Crippen LogP contribution in [0.5, 0.6) is 0 Å². The summed E-state index contributed by atoms with van der Waals surface area (Å²) in [5, 5.41) is 27.8. The van der Waals surface area contributed by atoms with E-state index in [0.717, 1.165) is 0 Å². The van der Waals surface area contributed by atoms with E-state index in [4.69, 9.17) is 9.84 Å². The van der Waals surface area contributed by atoms with Crippen molar-refractivity contribution in [1.82, 2.24) is 0 Å². The first kappa shape index (κ1) is 9.92. The summed E-state index contributed by atoms with van der Waals surface area (Å²) in [4.78, 5) is 0. The Morgan fingerprint density at radius 3 is 2.33 bits per heavy atom. The number of aliphatic hydroxyl groups excluding tert-OH is 3. The van der Waals surface area contributed by atoms with Crippen molar-refractivity contribution in [3.05, 3.63) is 0 Å². The molecule has 1 heterocycles. The van der Waals surface area contributed by atoms with Crippen molar-refractivity contribution in [2.45, 2.75) is 44.9 Å². The fourth-order valence-electron chi connectivity index (χ4n) is 1.43. The van der Waals surface area contributed by atoms with E-state index >= 15 is 0 Å². The molecule has 12 heavy (non-hydrogen) atoms. The summed E-state index contributed by atoms with van der Waals surface area (Å²) in [6.07, 6.45) is -3.08. The van der Waals surface area contributed by atoms with Crippen molar-refractivity contribution < 1.29 is 20.1 Å². The molecule has 0 radical (unpaired) electrons. The smallest absolute Gasteiger partial charge is 0.157 e. The third kappa shape index (κ3) is 1.95. The molecule has 1 aliphatic rings. The van der Waals surface area contributed by atoms with Gasteiger partial charge in [-0.15, -0.1) is 0 Å². The Kier molecular flexibility index (Phi) is 3.06. The van der Waals surface area contributed by atoms with Gasteiger partial charge >= 0.3 is 0 Å². The van der Waals surface area contributed by atoms with Gasteiger partial charge in [0, 0.05) is 6.42 Å². The Morgan fingerprint density at radius 2 is 1.83 bits per heavy atom. The third-order valence-electron chi connectivity index (χ3n) is 2.15. The summed E-state index contributed by atoms with van der Waals surface area (Å²) in [7, 11) is 0. The summed E-state index contributed by atoms with van der Waals surface area (Å²) >= 11 is 0.